The number of terminal acetylenes is 1. The Hall–Kier alpha value is -1.73. The molecule has 0 aliphatic heterocycles. The standard InChI is InChI=1S/C17H22N2O2/c1-3-8-18-17(20)11-19(13-4-5-13)10-14-6-7-16(21-14)15-9-12(15)2/h1,6-7,12-13,15H,4-5,8-11H2,2H3,(H,18,20). The van der Waals surface area contributed by atoms with Crippen LogP contribution in [0.15, 0.2) is 16.5 Å². The van der Waals surface area contributed by atoms with E-state index in [1.54, 1.807) is 0 Å². The number of nitrogens with zero attached hydrogens (tertiary/aromatic N) is 1. The van der Waals surface area contributed by atoms with Gasteiger partial charge in [-0.15, -0.1) is 6.42 Å². The summed E-state index contributed by atoms with van der Waals surface area (Å²) in [5.41, 5.74) is 0. The van der Waals surface area contributed by atoms with Gasteiger partial charge in [-0.2, -0.15) is 0 Å². The fourth-order valence-electron chi connectivity index (χ4n) is 2.74. The highest BCUT2D eigenvalue weighted by molar-refractivity contribution is 5.78. The molecular formula is C17H22N2O2. The number of hydrogen-bond donors (Lipinski definition) is 1. The van der Waals surface area contributed by atoms with Gasteiger partial charge in [0.05, 0.1) is 19.6 Å². The maximum Gasteiger partial charge on any atom is 0.234 e. The normalized spacial score (nSPS) is 23.9. The van der Waals surface area contributed by atoms with Crippen LogP contribution >= 0.6 is 0 Å². The smallest absolute Gasteiger partial charge is 0.234 e. The van der Waals surface area contributed by atoms with E-state index in [0.29, 0.717) is 31.6 Å². The molecule has 1 heterocycles. The molecular weight excluding hydrogens is 264 g/mol. The molecule has 2 fully saturated rings. The monoisotopic (exact) mass is 286 g/mol. The largest absolute Gasteiger partial charge is 0.464 e. The number of hydrogen-bond acceptors (Lipinski definition) is 3. The van der Waals surface area contributed by atoms with Crippen LogP contribution in [-0.2, 0) is 11.3 Å². The average Bonchev–Trinajstić information content (AvgIpc) is 3.37. The van der Waals surface area contributed by atoms with Crippen molar-refractivity contribution in [2.75, 3.05) is 13.1 Å². The van der Waals surface area contributed by atoms with Crippen molar-refractivity contribution in [1.29, 1.82) is 0 Å². The van der Waals surface area contributed by atoms with Gasteiger partial charge in [0.15, 0.2) is 0 Å². The topological polar surface area (TPSA) is 45.5 Å². The summed E-state index contributed by atoms with van der Waals surface area (Å²) in [4.78, 5) is 14.0. The van der Waals surface area contributed by atoms with Crippen LogP contribution < -0.4 is 5.32 Å². The first-order valence-corrected chi connectivity index (χ1v) is 7.70. The van der Waals surface area contributed by atoms with Gasteiger partial charge in [-0.05, 0) is 37.3 Å². The van der Waals surface area contributed by atoms with E-state index in [0.717, 1.165) is 30.3 Å². The molecule has 2 unspecified atom stereocenters. The number of rotatable bonds is 7. The van der Waals surface area contributed by atoms with E-state index >= 15 is 0 Å². The SMILES string of the molecule is C#CCNC(=O)CN(Cc1ccc(C2CC2C)o1)C1CC1. The first-order chi connectivity index (χ1) is 10.2. The summed E-state index contributed by atoms with van der Waals surface area (Å²) in [6.07, 6.45) is 8.71. The summed E-state index contributed by atoms with van der Waals surface area (Å²) in [6, 6.07) is 4.65. The molecule has 2 atom stereocenters. The van der Waals surface area contributed by atoms with Crippen molar-refractivity contribution in [3.8, 4) is 12.3 Å². The highest BCUT2D eigenvalue weighted by Crippen LogP contribution is 2.47. The fraction of sp³-hybridized carbons (Fsp3) is 0.588. The second kappa shape index (κ2) is 5.95. The molecule has 4 nitrogen and oxygen atoms in total. The molecule has 1 N–H and O–H groups in total. The minimum atomic E-state index is -0.0116. The van der Waals surface area contributed by atoms with Crippen molar-refractivity contribution in [2.24, 2.45) is 5.92 Å². The quantitative estimate of drug-likeness (QED) is 0.781. The first kappa shape index (κ1) is 14.2. The lowest BCUT2D eigenvalue weighted by Gasteiger charge is -2.19. The predicted octanol–water partition coefficient (Wildman–Crippen LogP) is 2.12. The van der Waals surface area contributed by atoms with Crippen LogP contribution in [0.25, 0.3) is 0 Å². The summed E-state index contributed by atoms with van der Waals surface area (Å²) >= 11 is 0. The third-order valence-electron chi connectivity index (χ3n) is 4.31. The van der Waals surface area contributed by atoms with E-state index in [1.165, 1.54) is 6.42 Å². The molecule has 0 aromatic carbocycles. The van der Waals surface area contributed by atoms with Crippen molar-refractivity contribution in [3.63, 3.8) is 0 Å². The van der Waals surface area contributed by atoms with Crippen LogP contribution in [-0.4, -0.2) is 29.9 Å². The summed E-state index contributed by atoms with van der Waals surface area (Å²) in [6.45, 7) is 3.64. The maximum atomic E-state index is 11.8. The van der Waals surface area contributed by atoms with E-state index in [1.807, 2.05) is 0 Å². The Kier molecular flexibility index (Phi) is 4.03. The first-order valence-electron chi connectivity index (χ1n) is 7.70. The van der Waals surface area contributed by atoms with Crippen LogP contribution in [0.5, 0.6) is 0 Å². The van der Waals surface area contributed by atoms with Crippen LogP contribution in [0, 0.1) is 18.3 Å². The average molecular weight is 286 g/mol. The van der Waals surface area contributed by atoms with E-state index < -0.39 is 0 Å². The van der Waals surface area contributed by atoms with Crippen molar-refractivity contribution in [2.45, 2.75) is 44.7 Å². The van der Waals surface area contributed by atoms with Gasteiger partial charge in [-0.1, -0.05) is 12.8 Å². The van der Waals surface area contributed by atoms with E-state index in [2.05, 4.69) is 35.2 Å². The minimum absolute atomic E-state index is 0.0116. The van der Waals surface area contributed by atoms with Gasteiger partial charge in [0, 0.05) is 12.0 Å². The molecule has 1 amide bonds. The molecule has 4 heteroatoms. The van der Waals surface area contributed by atoms with Gasteiger partial charge in [-0.25, -0.2) is 0 Å². The Morgan fingerprint density at radius 2 is 2.29 bits per heavy atom. The molecule has 3 rings (SSSR count). The van der Waals surface area contributed by atoms with Gasteiger partial charge in [-0.3, -0.25) is 9.69 Å². The highest BCUT2D eigenvalue weighted by atomic mass is 16.3. The number of carbonyl (C=O) groups excluding carboxylic acids is 1. The molecule has 1 aromatic heterocycles. The number of furan rings is 1. The summed E-state index contributed by atoms with van der Waals surface area (Å²) in [5.74, 6) is 5.83. The summed E-state index contributed by atoms with van der Waals surface area (Å²) < 4.78 is 5.94. The molecule has 1 aromatic rings. The fourth-order valence-corrected chi connectivity index (χ4v) is 2.74. The molecule has 112 valence electrons. The zero-order chi connectivity index (χ0) is 14.8. The number of carbonyl (C=O) groups is 1. The second-order valence-corrected chi connectivity index (χ2v) is 6.24. The summed E-state index contributed by atoms with van der Waals surface area (Å²) in [7, 11) is 0. The van der Waals surface area contributed by atoms with Crippen LogP contribution in [0.1, 0.15) is 43.6 Å². The van der Waals surface area contributed by atoms with Crippen LogP contribution in [0.3, 0.4) is 0 Å². The van der Waals surface area contributed by atoms with Crippen LogP contribution in [0.4, 0.5) is 0 Å². The molecule has 21 heavy (non-hydrogen) atoms. The van der Waals surface area contributed by atoms with Crippen molar-refractivity contribution in [1.82, 2.24) is 10.2 Å². The lowest BCUT2D eigenvalue weighted by Crippen LogP contribution is -2.38. The maximum absolute atomic E-state index is 11.8. The minimum Gasteiger partial charge on any atom is -0.464 e. The Morgan fingerprint density at radius 1 is 1.52 bits per heavy atom. The Bertz CT molecular complexity index is 553. The number of nitrogens with one attached hydrogen (secondary N) is 1. The summed E-state index contributed by atoms with van der Waals surface area (Å²) in [5, 5.41) is 2.72. The zero-order valence-electron chi connectivity index (χ0n) is 12.5. The third-order valence-corrected chi connectivity index (χ3v) is 4.31. The van der Waals surface area contributed by atoms with Gasteiger partial charge < -0.3 is 9.73 Å². The molecule has 2 aliphatic rings. The van der Waals surface area contributed by atoms with Gasteiger partial charge in [0.25, 0.3) is 0 Å². The lowest BCUT2D eigenvalue weighted by molar-refractivity contribution is -0.122. The Balaban J connectivity index is 1.56. The molecule has 0 saturated heterocycles. The van der Waals surface area contributed by atoms with E-state index in [4.69, 9.17) is 10.8 Å². The van der Waals surface area contributed by atoms with Gasteiger partial charge >= 0.3 is 0 Å². The molecule has 2 saturated carbocycles. The Labute approximate surface area is 125 Å². The van der Waals surface area contributed by atoms with Gasteiger partial charge in [0.1, 0.15) is 11.5 Å². The second-order valence-electron chi connectivity index (χ2n) is 6.24. The molecule has 0 radical (unpaired) electrons. The highest BCUT2D eigenvalue weighted by Gasteiger charge is 2.37. The predicted molar refractivity (Wildman–Crippen MR) is 80.5 cm³/mol. The molecule has 0 spiro atoms. The van der Waals surface area contributed by atoms with Crippen LogP contribution in [0.2, 0.25) is 0 Å². The van der Waals surface area contributed by atoms with Crippen molar-refractivity contribution >= 4 is 5.91 Å². The third kappa shape index (κ3) is 3.68. The van der Waals surface area contributed by atoms with Crippen molar-refractivity contribution in [3.05, 3.63) is 23.7 Å². The molecule has 0 bridgehead atoms. The lowest BCUT2D eigenvalue weighted by atomic mass is 10.3. The van der Waals surface area contributed by atoms with E-state index in [9.17, 15) is 4.79 Å². The zero-order valence-corrected chi connectivity index (χ0v) is 12.5. The van der Waals surface area contributed by atoms with E-state index in [-0.39, 0.29) is 5.91 Å². The molecule has 2 aliphatic carbocycles. The Morgan fingerprint density at radius 3 is 2.90 bits per heavy atom. The van der Waals surface area contributed by atoms with Crippen molar-refractivity contribution < 1.29 is 9.21 Å². The van der Waals surface area contributed by atoms with Gasteiger partial charge in [0.2, 0.25) is 5.91 Å². The number of amides is 1.